The maximum absolute atomic E-state index is 10.9. The standard InChI is InChI=1S/C18H17N5O2S/c1-10-6-15-16(7-11(10)2)22(3)18(21-15)26-9-17-19-13-5-4-12(23(24)25)8-14(13)20-17/h4-8H,9H2,1-3H3,(H,19,20). The van der Waals surface area contributed by atoms with Gasteiger partial charge in [0.1, 0.15) is 5.82 Å². The lowest BCUT2D eigenvalue weighted by Crippen LogP contribution is -1.92. The van der Waals surface area contributed by atoms with Gasteiger partial charge in [-0.1, -0.05) is 11.8 Å². The number of rotatable bonds is 4. The molecule has 0 atom stereocenters. The number of nitrogens with one attached hydrogen (secondary N) is 1. The molecule has 0 amide bonds. The van der Waals surface area contributed by atoms with Gasteiger partial charge < -0.3 is 9.55 Å². The Morgan fingerprint density at radius 3 is 2.69 bits per heavy atom. The van der Waals surface area contributed by atoms with E-state index in [1.54, 1.807) is 17.8 Å². The molecule has 0 aliphatic heterocycles. The van der Waals surface area contributed by atoms with Gasteiger partial charge >= 0.3 is 0 Å². The van der Waals surface area contributed by atoms with E-state index in [1.807, 2.05) is 7.05 Å². The molecule has 0 fully saturated rings. The molecule has 0 bridgehead atoms. The van der Waals surface area contributed by atoms with Gasteiger partial charge in [0.2, 0.25) is 0 Å². The third-order valence-electron chi connectivity index (χ3n) is 4.52. The molecule has 132 valence electrons. The van der Waals surface area contributed by atoms with E-state index < -0.39 is 4.92 Å². The highest BCUT2D eigenvalue weighted by atomic mass is 32.2. The van der Waals surface area contributed by atoms with Crippen molar-refractivity contribution in [2.24, 2.45) is 7.05 Å². The minimum Gasteiger partial charge on any atom is -0.341 e. The summed E-state index contributed by atoms with van der Waals surface area (Å²) in [5.74, 6) is 1.38. The van der Waals surface area contributed by atoms with E-state index in [2.05, 4.69) is 40.5 Å². The number of nitro groups is 1. The highest BCUT2D eigenvalue weighted by molar-refractivity contribution is 7.98. The van der Waals surface area contributed by atoms with Crippen LogP contribution in [0, 0.1) is 24.0 Å². The minimum atomic E-state index is -0.405. The van der Waals surface area contributed by atoms with Crippen LogP contribution in [0.2, 0.25) is 0 Å². The van der Waals surface area contributed by atoms with Crippen LogP contribution >= 0.6 is 11.8 Å². The number of H-pyrrole nitrogens is 1. The first-order chi connectivity index (χ1) is 12.4. The molecule has 0 radical (unpaired) electrons. The molecule has 0 aliphatic rings. The van der Waals surface area contributed by atoms with Crippen LogP contribution in [-0.2, 0) is 12.8 Å². The van der Waals surface area contributed by atoms with Gasteiger partial charge in [-0.3, -0.25) is 10.1 Å². The van der Waals surface area contributed by atoms with Gasteiger partial charge in [-0.2, -0.15) is 0 Å². The fourth-order valence-corrected chi connectivity index (χ4v) is 3.78. The average Bonchev–Trinajstić information content (AvgIpc) is 3.14. The minimum absolute atomic E-state index is 0.0569. The van der Waals surface area contributed by atoms with Crippen molar-refractivity contribution < 1.29 is 4.92 Å². The van der Waals surface area contributed by atoms with Crippen molar-refractivity contribution in [1.82, 2.24) is 19.5 Å². The largest absolute Gasteiger partial charge is 0.341 e. The lowest BCUT2D eigenvalue weighted by molar-refractivity contribution is -0.384. The van der Waals surface area contributed by atoms with E-state index in [1.165, 1.54) is 23.3 Å². The molecule has 0 aliphatic carbocycles. The van der Waals surface area contributed by atoms with Crippen molar-refractivity contribution in [3.8, 4) is 0 Å². The Hall–Kier alpha value is -2.87. The van der Waals surface area contributed by atoms with Crippen LogP contribution in [0.5, 0.6) is 0 Å². The summed E-state index contributed by atoms with van der Waals surface area (Å²) in [6.45, 7) is 4.19. The number of non-ortho nitro benzene ring substituents is 1. The quantitative estimate of drug-likeness (QED) is 0.330. The number of thioether (sulfide) groups is 1. The van der Waals surface area contributed by atoms with Crippen LogP contribution in [0.4, 0.5) is 5.69 Å². The van der Waals surface area contributed by atoms with Crippen molar-refractivity contribution in [1.29, 1.82) is 0 Å². The summed E-state index contributed by atoms with van der Waals surface area (Å²) >= 11 is 1.59. The lowest BCUT2D eigenvalue weighted by atomic mass is 10.1. The number of imidazole rings is 2. The lowest BCUT2D eigenvalue weighted by Gasteiger charge is -2.02. The highest BCUT2D eigenvalue weighted by Gasteiger charge is 2.13. The van der Waals surface area contributed by atoms with Gasteiger partial charge in [-0.05, 0) is 43.2 Å². The van der Waals surface area contributed by atoms with E-state index in [-0.39, 0.29) is 5.69 Å². The number of nitrogens with zero attached hydrogens (tertiary/aromatic N) is 4. The van der Waals surface area contributed by atoms with Gasteiger partial charge in [-0.15, -0.1) is 0 Å². The van der Waals surface area contributed by atoms with Crippen molar-refractivity contribution in [2.45, 2.75) is 24.8 Å². The molecule has 2 aromatic carbocycles. The average molecular weight is 367 g/mol. The van der Waals surface area contributed by atoms with Crippen molar-refractivity contribution in [2.75, 3.05) is 0 Å². The molecule has 1 N–H and O–H groups in total. The van der Waals surface area contributed by atoms with Gasteiger partial charge in [-0.25, -0.2) is 9.97 Å². The van der Waals surface area contributed by atoms with E-state index in [9.17, 15) is 10.1 Å². The molecule has 0 unspecified atom stereocenters. The molecule has 7 nitrogen and oxygen atoms in total. The van der Waals surface area contributed by atoms with Crippen LogP contribution in [-0.4, -0.2) is 24.4 Å². The van der Waals surface area contributed by atoms with E-state index in [4.69, 9.17) is 4.98 Å². The number of aromatic nitrogens is 4. The SMILES string of the molecule is Cc1cc2nc(SCc3nc4ccc([N+](=O)[O-])cc4[nH]3)n(C)c2cc1C. The Morgan fingerprint density at radius 1 is 1.15 bits per heavy atom. The Morgan fingerprint density at radius 2 is 1.92 bits per heavy atom. The molecule has 0 saturated heterocycles. The second-order valence-corrected chi connectivity index (χ2v) is 7.25. The number of fused-ring (bicyclic) bond motifs is 2. The van der Waals surface area contributed by atoms with Crippen molar-refractivity contribution in [3.63, 3.8) is 0 Å². The summed E-state index contributed by atoms with van der Waals surface area (Å²) in [7, 11) is 2.01. The highest BCUT2D eigenvalue weighted by Crippen LogP contribution is 2.28. The molecular weight excluding hydrogens is 350 g/mol. The summed E-state index contributed by atoms with van der Waals surface area (Å²) < 4.78 is 2.08. The van der Waals surface area contributed by atoms with Crippen LogP contribution in [0.15, 0.2) is 35.5 Å². The third-order valence-corrected chi connectivity index (χ3v) is 5.56. The Balaban J connectivity index is 1.61. The van der Waals surface area contributed by atoms with E-state index in [0.29, 0.717) is 11.3 Å². The maximum Gasteiger partial charge on any atom is 0.271 e. The second-order valence-electron chi connectivity index (χ2n) is 6.31. The normalized spacial score (nSPS) is 11.5. The second kappa shape index (κ2) is 6.14. The van der Waals surface area contributed by atoms with Gasteiger partial charge in [0, 0.05) is 19.2 Å². The topological polar surface area (TPSA) is 89.6 Å². The number of aromatic amines is 1. The third kappa shape index (κ3) is 2.82. The Kier molecular flexibility index (Phi) is 3.91. The molecule has 0 spiro atoms. The Bertz CT molecular complexity index is 1160. The molecule has 4 rings (SSSR count). The molecule has 26 heavy (non-hydrogen) atoms. The fraction of sp³-hybridized carbons (Fsp3) is 0.222. The van der Waals surface area contributed by atoms with Gasteiger partial charge in [0.05, 0.1) is 32.7 Å². The first-order valence-corrected chi connectivity index (χ1v) is 9.10. The van der Waals surface area contributed by atoms with Crippen LogP contribution in [0.3, 0.4) is 0 Å². The summed E-state index contributed by atoms with van der Waals surface area (Å²) in [5.41, 5.74) is 6.02. The number of benzene rings is 2. The molecule has 2 heterocycles. The van der Waals surface area contributed by atoms with Crippen LogP contribution in [0.25, 0.3) is 22.1 Å². The summed E-state index contributed by atoms with van der Waals surface area (Å²) in [6, 6.07) is 8.91. The fourth-order valence-electron chi connectivity index (χ4n) is 2.92. The predicted octanol–water partition coefficient (Wildman–Crippen LogP) is 4.27. The zero-order valence-electron chi connectivity index (χ0n) is 14.6. The van der Waals surface area contributed by atoms with Crippen LogP contribution < -0.4 is 0 Å². The molecule has 8 heteroatoms. The summed E-state index contributed by atoms with van der Waals surface area (Å²) in [6.07, 6.45) is 0. The monoisotopic (exact) mass is 367 g/mol. The number of hydrogen-bond donors (Lipinski definition) is 1. The molecular formula is C18H17N5O2S. The zero-order chi connectivity index (χ0) is 18.4. The summed E-state index contributed by atoms with van der Waals surface area (Å²) in [5, 5.41) is 11.8. The smallest absolute Gasteiger partial charge is 0.271 e. The molecule has 0 saturated carbocycles. The molecule has 2 aromatic heterocycles. The number of nitro benzene ring substituents is 1. The Labute approximate surface area is 153 Å². The molecule has 4 aromatic rings. The van der Waals surface area contributed by atoms with Crippen molar-refractivity contribution >= 4 is 39.5 Å². The summed E-state index contributed by atoms with van der Waals surface area (Å²) in [4.78, 5) is 22.9. The van der Waals surface area contributed by atoms with E-state index in [0.717, 1.165) is 27.5 Å². The number of hydrogen-bond acceptors (Lipinski definition) is 5. The predicted molar refractivity (Wildman–Crippen MR) is 102 cm³/mol. The van der Waals surface area contributed by atoms with Crippen LogP contribution in [0.1, 0.15) is 17.0 Å². The zero-order valence-corrected chi connectivity index (χ0v) is 15.4. The first-order valence-electron chi connectivity index (χ1n) is 8.12. The number of aryl methyl sites for hydroxylation is 3. The van der Waals surface area contributed by atoms with Crippen molar-refractivity contribution in [3.05, 3.63) is 57.4 Å². The first kappa shape index (κ1) is 16.6. The van der Waals surface area contributed by atoms with Gasteiger partial charge in [0.15, 0.2) is 5.16 Å². The maximum atomic E-state index is 10.9. The van der Waals surface area contributed by atoms with E-state index >= 15 is 0 Å². The van der Waals surface area contributed by atoms with Gasteiger partial charge in [0.25, 0.3) is 5.69 Å².